The third-order valence-corrected chi connectivity index (χ3v) is 8.46. The van der Waals surface area contributed by atoms with E-state index in [0.29, 0.717) is 11.5 Å². The SMILES string of the molecule is O=S(=O)(O)CCCOc1cc(OCCCS(=O)(=O)O)c(-c2cccc3ccccc23)cc1-c1cccc2ccccc12. The van der Waals surface area contributed by atoms with E-state index in [9.17, 15) is 25.9 Å². The average Bonchev–Trinajstić information content (AvgIpc) is 2.96. The Morgan fingerprint density at radius 2 is 0.905 bits per heavy atom. The first-order valence-corrected chi connectivity index (χ1v) is 16.6. The van der Waals surface area contributed by atoms with Gasteiger partial charge >= 0.3 is 0 Å². The maximum Gasteiger partial charge on any atom is 0.264 e. The molecule has 5 rings (SSSR count). The third kappa shape index (κ3) is 7.27. The Balaban J connectivity index is 1.67. The molecule has 0 aromatic heterocycles. The number of rotatable bonds is 12. The molecule has 0 aliphatic heterocycles. The smallest absolute Gasteiger partial charge is 0.264 e. The van der Waals surface area contributed by atoms with Crippen LogP contribution < -0.4 is 9.47 Å². The van der Waals surface area contributed by atoms with Gasteiger partial charge in [-0.1, -0.05) is 84.9 Å². The lowest BCUT2D eigenvalue weighted by Crippen LogP contribution is -2.10. The maximum absolute atomic E-state index is 11.3. The monoisotopic (exact) mass is 606 g/mol. The van der Waals surface area contributed by atoms with E-state index in [-0.39, 0.29) is 26.1 Å². The van der Waals surface area contributed by atoms with Crippen LogP contribution in [0.3, 0.4) is 0 Å². The molecular formula is C32H30O8S2. The topological polar surface area (TPSA) is 127 Å². The summed E-state index contributed by atoms with van der Waals surface area (Å²) in [6.07, 6.45) is 0.146. The summed E-state index contributed by atoms with van der Waals surface area (Å²) in [5, 5.41) is 4.05. The molecule has 2 N–H and O–H groups in total. The molecule has 5 aromatic rings. The van der Waals surface area contributed by atoms with Gasteiger partial charge in [-0.3, -0.25) is 9.11 Å². The van der Waals surface area contributed by atoms with Crippen LogP contribution in [0.25, 0.3) is 43.8 Å². The number of ether oxygens (including phenoxy) is 2. The Hall–Kier alpha value is -3.96. The quantitative estimate of drug-likeness (QED) is 0.120. The van der Waals surface area contributed by atoms with Crippen molar-refractivity contribution in [3.8, 4) is 33.8 Å². The summed E-state index contributed by atoms with van der Waals surface area (Å²) in [7, 11) is -8.29. The highest BCUT2D eigenvalue weighted by Crippen LogP contribution is 2.44. The van der Waals surface area contributed by atoms with E-state index in [4.69, 9.17) is 9.47 Å². The lowest BCUT2D eigenvalue weighted by atomic mass is 9.92. The molecule has 0 saturated carbocycles. The standard InChI is InChI=1S/C32H30O8S2/c33-41(34,35)19-7-17-39-31-22-32(40-18-8-20-42(36,37)38)30(28-16-6-12-24-10-2-4-14-26(24)28)21-29(31)27-15-5-11-23-9-1-3-13-25(23)27/h1-6,9-16,21-22H,7-8,17-20H2,(H,33,34,35)(H,36,37,38). The maximum atomic E-state index is 11.3. The molecule has 0 aliphatic carbocycles. The Kier molecular flexibility index (Phi) is 8.79. The molecule has 10 heteroatoms. The molecule has 0 saturated heterocycles. The van der Waals surface area contributed by atoms with Crippen molar-refractivity contribution in [3.63, 3.8) is 0 Å². The molecule has 218 valence electrons. The van der Waals surface area contributed by atoms with E-state index < -0.39 is 31.7 Å². The zero-order valence-corrected chi connectivity index (χ0v) is 24.3. The number of hydrogen-bond acceptors (Lipinski definition) is 6. The van der Waals surface area contributed by atoms with E-state index in [1.807, 2.05) is 91.0 Å². The van der Waals surface area contributed by atoms with E-state index in [2.05, 4.69) is 0 Å². The van der Waals surface area contributed by atoms with Crippen LogP contribution in [-0.2, 0) is 20.2 Å². The predicted octanol–water partition coefficient (Wildman–Crippen LogP) is 6.64. The lowest BCUT2D eigenvalue weighted by Gasteiger charge is -2.20. The first-order valence-electron chi connectivity index (χ1n) is 13.4. The van der Waals surface area contributed by atoms with Gasteiger partial charge in [-0.2, -0.15) is 16.8 Å². The van der Waals surface area contributed by atoms with Crippen LogP contribution >= 0.6 is 0 Å². The second-order valence-electron chi connectivity index (χ2n) is 9.87. The predicted molar refractivity (Wildman–Crippen MR) is 165 cm³/mol. The van der Waals surface area contributed by atoms with Crippen LogP contribution in [0.15, 0.2) is 97.1 Å². The van der Waals surface area contributed by atoms with Crippen LogP contribution in [0.1, 0.15) is 12.8 Å². The van der Waals surface area contributed by atoms with Crippen LogP contribution in [0.2, 0.25) is 0 Å². The Bertz CT molecular complexity index is 1800. The van der Waals surface area contributed by atoms with Gasteiger partial charge in [0.15, 0.2) is 0 Å². The van der Waals surface area contributed by atoms with Gasteiger partial charge in [0.2, 0.25) is 0 Å². The first kappa shape index (κ1) is 29.5. The summed E-state index contributed by atoms with van der Waals surface area (Å²) in [4.78, 5) is 0. The highest BCUT2D eigenvalue weighted by atomic mass is 32.2. The largest absolute Gasteiger partial charge is 0.493 e. The van der Waals surface area contributed by atoms with Crippen molar-refractivity contribution in [2.45, 2.75) is 12.8 Å². The molecule has 0 spiro atoms. The lowest BCUT2D eigenvalue weighted by molar-refractivity contribution is 0.302. The van der Waals surface area contributed by atoms with Gasteiger partial charge in [0.1, 0.15) is 11.5 Å². The van der Waals surface area contributed by atoms with Gasteiger partial charge < -0.3 is 9.47 Å². The minimum atomic E-state index is -4.14. The molecule has 0 atom stereocenters. The van der Waals surface area contributed by atoms with Crippen molar-refractivity contribution < 1.29 is 35.4 Å². The van der Waals surface area contributed by atoms with E-state index in [1.165, 1.54) is 0 Å². The summed E-state index contributed by atoms with van der Waals surface area (Å²) in [6, 6.07) is 31.5. The third-order valence-electron chi connectivity index (χ3n) is 6.85. The highest BCUT2D eigenvalue weighted by molar-refractivity contribution is 7.86. The van der Waals surface area contributed by atoms with Crippen molar-refractivity contribution in [1.29, 1.82) is 0 Å². The molecule has 0 aliphatic rings. The van der Waals surface area contributed by atoms with Gasteiger partial charge in [-0.15, -0.1) is 0 Å². The molecule has 0 amide bonds. The average molecular weight is 607 g/mol. The number of hydrogen-bond donors (Lipinski definition) is 2. The first-order chi connectivity index (χ1) is 20.1. The van der Waals surface area contributed by atoms with E-state index >= 15 is 0 Å². The van der Waals surface area contributed by atoms with Crippen molar-refractivity contribution in [3.05, 3.63) is 97.1 Å². The fourth-order valence-corrected chi connectivity index (χ4v) is 5.95. The fourth-order valence-electron chi connectivity index (χ4n) is 4.99. The second-order valence-corrected chi connectivity index (χ2v) is 13.0. The van der Waals surface area contributed by atoms with Crippen LogP contribution in [-0.4, -0.2) is 50.7 Å². The Morgan fingerprint density at radius 1 is 0.500 bits per heavy atom. The van der Waals surface area contributed by atoms with E-state index in [0.717, 1.165) is 43.8 Å². The Labute approximate surface area is 245 Å². The summed E-state index contributed by atoms with van der Waals surface area (Å²) in [5.74, 6) is -0.00111. The molecule has 42 heavy (non-hydrogen) atoms. The van der Waals surface area contributed by atoms with Crippen molar-refractivity contribution >= 4 is 41.8 Å². The summed E-state index contributed by atoms with van der Waals surface area (Å²) in [6.45, 7) is 0.0424. The molecule has 0 bridgehead atoms. The zero-order chi connectivity index (χ0) is 29.7. The van der Waals surface area contributed by atoms with Crippen LogP contribution in [0.5, 0.6) is 11.5 Å². The highest BCUT2D eigenvalue weighted by Gasteiger charge is 2.19. The van der Waals surface area contributed by atoms with Gasteiger partial charge in [0, 0.05) is 17.2 Å². The zero-order valence-electron chi connectivity index (χ0n) is 22.6. The minimum Gasteiger partial charge on any atom is -0.493 e. The minimum absolute atomic E-state index is 0.0212. The molecule has 0 radical (unpaired) electrons. The van der Waals surface area contributed by atoms with Gasteiger partial charge in [-0.25, -0.2) is 0 Å². The molecule has 5 aromatic carbocycles. The Morgan fingerprint density at radius 3 is 1.33 bits per heavy atom. The second kappa shape index (κ2) is 12.5. The molecule has 0 unspecified atom stereocenters. The molecule has 0 heterocycles. The van der Waals surface area contributed by atoms with Crippen molar-refractivity contribution in [2.75, 3.05) is 24.7 Å². The van der Waals surface area contributed by atoms with Gasteiger partial charge in [0.25, 0.3) is 20.2 Å². The summed E-state index contributed by atoms with van der Waals surface area (Å²) >= 11 is 0. The van der Waals surface area contributed by atoms with E-state index in [1.54, 1.807) is 6.07 Å². The van der Waals surface area contributed by atoms with Crippen molar-refractivity contribution in [2.24, 2.45) is 0 Å². The van der Waals surface area contributed by atoms with Crippen molar-refractivity contribution in [1.82, 2.24) is 0 Å². The van der Waals surface area contributed by atoms with Gasteiger partial charge in [-0.05, 0) is 51.6 Å². The summed E-state index contributed by atoms with van der Waals surface area (Å²) < 4.78 is 75.7. The normalized spacial score (nSPS) is 12.0. The molecule has 0 fully saturated rings. The fraction of sp³-hybridized carbons (Fsp3) is 0.188. The number of benzene rings is 5. The number of fused-ring (bicyclic) bond motifs is 2. The van der Waals surface area contributed by atoms with Gasteiger partial charge in [0.05, 0.1) is 24.7 Å². The van der Waals surface area contributed by atoms with Crippen LogP contribution in [0, 0.1) is 0 Å². The molecular weight excluding hydrogens is 576 g/mol. The summed E-state index contributed by atoms with van der Waals surface area (Å²) in [5.41, 5.74) is 3.31. The van der Waals surface area contributed by atoms with Crippen LogP contribution in [0.4, 0.5) is 0 Å². The molecule has 8 nitrogen and oxygen atoms in total.